The molecule has 11 heavy (non-hydrogen) atoms. The molecular weight excluding hydrogens is 138 g/mol. The van der Waals surface area contributed by atoms with Crippen LogP contribution in [0.4, 0.5) is 5.69 Å². The number of azide groups is 1. The maximum atomic E-state index is 8.23. The Balaban J connectivity index is 3.31. The van der Waals surface area contributed by atoms with Gasteiger partial charge in [-0.2, -0.15) is 0 Å². The lowest BCUT2D eigenvalue weighted by Crippen LogP contribution is -1.76. The van der Waals surface area contributed by atoms with Gasteiger partial charge in [0.1, 0.15) is 0 Å². The molecule has 0 aliphatic rings. The monoisotopic (exact) mass is 147 g/mol. The minimum atomic E-state index is 0.745. The fraction of sp³-hybridized carbons (Fsp3) is 0.250. The molecule has 3 nitrogen and oxygen atoms in total. The largest absolute Gasteiger partial charge is 0.0617 e. The molecule has 0 aliphatic heterocycles. The van der Waals surface area contributed by atoms with Crippen molar-refractivity contribution in [2.75, 3.05) is 0 Å². The standard InChI is InChI=1S/C8H9N3/c1-6-4-3-5-7(2)8(6)10-11-9/h3-5H,1-2H3. The van der Waals surface area contributed by atoms with E-state index in [1.807, 2.05) is 32.0 Å². The van der Waals surface area contributed by atoms with Gasteiger partial charge in [0.25, 0.3) is 0 Å². The molecule has 0 saturated heterocycles. The Morgan fingerprint density at radius 2 is 1.82 bits per heavy atom. The summed E-state index contributed by atoms with van der Waals surface area (Å²) < 4.78 is 0. The number of benzene rings is 1. The van der Waals surface area contributed by atoms with Crippen LogP contribution in [0, 0.1) is 13.8 Å². The topological polar surface area (TPSA) is 48.8 Å². The van der Waals surface area contributed by atoms with Crippen molar-refractivity contribution in [1.29, 1.82) is 0 Å². The highest BCUT2D eigenvalue weighted by Crippen LogP contribution is 2.22. The molecule has 0 saturated carbocycles. The Bertz CT molecular complexity index is 291. The summed E-state index contributed by atoms with van der Waals surface area (Å²) in [7, 11) is 0. The molecule has 1 aromatic rings. The molecule has 0 aromatic heterocycles. The van der Waals surface area contributed by atoms with Crippen molar-refractivity contribution in [3.63, 3.8) is 0 Å². The first-order chi connectivity index (χ1) is 5.25. The number of nitrogens with zero attached hydrogens (tertiary/aromatic N) is 3. The van der Waals surface area contributed by atoms with Crippen molar-refractivity contribution < 1.29 is 0 Å². The number of rotatable bonds is 1. The van der Waals surface area contributed by atoms with E-state index in [9.17, 15) is 0 Å². The lowest BCUT2D eigenvalue weighted by atomic mass is 10.1. The van der Waals surface area contributed by atoms with Crippen LogP contribution in [0.15, 0.2) is 23.3 Å². The van der Waals surface area contributed by atoms with Crippen LogP contribution in [0.25, 0.3) is 10.4 Å². The maximum absolute atomic E-state index is 8.23. The summed E-state index contributed by atoms with van der Waals surface area (Å²) in [6.07, 6.45) is 0. The molecule has 0 heterocycles. The Labute approximate surface area is 65.3 Å². The van der Waals surface area contributed by atoms with Gasteiger partial charge in [0.15, 0.2) is 0 Å². The summed E-state index contributed by atoms with van der Waals surface area (Å²) in [6, 6.07) is 5.80. The van der Waals surface area contributed by atoms with E-state index in [1.165, 1.54) is 0 Å². The smallest absolute Gasteiger partial charge is 0.0433 e. The summed E-state index contributed by atoms with van der Waals surface area (Å²) >= 11 is 0. The second-order valence-electron chi connectivity index (χ2n) is 2.43. The molecule has 0 radical (unpaired) electrons. The zero-order chi connectivity index (χ0) is 8.27. The van der Waals surface area contributed by atoms with E-state index in [-0.39, 0.29) is 0 Å². The van der Waals surface area contributed by atoms with Gasteiger partial charge in [-0.05, 0) is 30.5 Å². The molecule has 1 rings (SSSR count). The number of hydrogen-bond donors (Lipinski definition) is 0. The summed E-state index contributed by atoms with van der Waals surface area (Å²) in [5, 5.41) is 3.59. The van der Waals surface area contributed by atoms with Crippen LogP contribution in [0.3, 0.4) is 0 Å². The average molecular weight is 147 g/mol. The third kappa shape index (κ3) is 1.51. The lowest BCUT2D eigenvalue weighted by molar-refractivity contribution is 1.31. The molecular formula is C8H9N3. The molecule has 0 atom stereocenters. The van der Waals surface area contributed by atoms with Crippen LogP contribution in [0.1, 0.15) is 11.1 Å². The summed E-state index contributed by atoms with van der Waals surface area (Å²) in [5.41, 5.74) is 11.0. The normalized spacial score (nSPS) is 8.91. The predicted octanol–water partition coefficient (Wildman–Crippen LogP) is 3.25. The van der Waals surface area contributed by atoms with Gasteiger partial charge >= 0.3 is 0 Å². The van der Waals surface area contributed by atoms with Crippen molar-refractivity contribution in [3.8, 4) is 0 Å². The summed E-state index contributed by atoms with van der Waals surface area (Å²) in [6.45, 7) is 3.86. The molecule has 0 amide bonds. The molecule has 0 spiro atoms. The first-order valence-corrected chi connectivity index (χ1v) is 3.37. The van der Waals surface area contributed by atoms with Crippen molar-refractivity contribution in [1.82, 2.24) is 0 Å². The van der Waals surface area contributed by atoms with E-state index in [0.29, 0.717) is 0 Å². The lowest BCUT2D eigenvalue weighted by Gasteiger charge is -2.00. The molecule has 1 aromatic carbocycles. The van der Waals surface area contributed by atoms with Crippen LogP contribution in [0.5, 0.6) is 0 Å². The van der Waals surface area contributed by atoms with Gasteiger partial charge in [-0.1, -0.05) is 23.3 Å². The number of aryl methyl sites for hydroxylation is 2. The fourth-order valence-corrected chi connectivity index (χ4v) is 1.01. The highest BCUT2D eigenvalue weighted by molar-refractivity contribution is 5.51. The molecule has 0 aliphatic carbocycles. The first-order valence-electron chi connectivity index (χ1n) is 3.37. The minimum Gasteiger partial charge on any atom is -0.0617 e. The van der Waals surface area contributed by atoms with Crippen molar-refractivity contribution in [2.24, 2.45) is 5.11 Å². The first kappa shape index (κ1) is 7.63. The van der Waals surface area contributed by atoms with Crippen molar-refractivity contribution >= 4 is 5.69 Å². The van der Waals surface area contributed by atoms with Crippen molar-refractivity contribution in [2.45, 2.75) is 13.8 Å². The zero-order valence-corrected chi connectivity index (χ0v) is 6.57. The average Bonchev–Trinajstić information content (AvgIpc) is 1.97. The molecule has 0 fully saturated rings. The maximum Gasteiger partial charge on any atom is 0.0433 e. The Morgan fingerprint density at radius 3 is 2.27 bits per heavy atom. The van der Waals surface area contributed by atoms with Gasteiger partial charge in [-0.25, -0.2) is 0 Å². The van der Waals surface area contributed by atoms with Crippen LogP contribution in [-0.2, 0) is 0 Å². The summed E-state index contributed by atoms with van der Waals surface area (Å²) in [4.78, 5) is 2.75. The van der Waals surface area contributed by atoms with Crippen LogP contribution >= 0.6 is 0 Å². The van der Waals surface area contributed by atoms with E-state index in [1.54, 1.807) is 0 Å². The van der Waals surface area contributed by atoms with E-state index < -0.39 is 0 Å². The van der Waals surface area contributed by atoms with Gasteiger partial charge in [-0.3, -0.25) is 0 Å². The molecule has 3 heteroatoms. The fourth-order valence-electron chi connectivity index (χ4n) is 1.01. The summed E-state index contributed by atoms with van der Waals surface area (Å²) in [5.74, 6) is 0. The molecule has 0 bridgehead atoms. The van der Waals surface area contributed by atoms with Gasteiger partial charge < -0.3 is 0 Å². The Hall–Kier alpha value is -1.47. The highest BCUT2D eigenvalue weighted by atomic mass is 15.1. The van der Waals surface area contributed by atoms with Crippen LogP contribution in [-0.4, -0.2) is 0 Å². The van der Waals surface area contributed by atoms with E-state index >= 15 is 0 Å². The third-order valence-electron chi connectivity index (χ3n) is 1.58. The Morgan fingerprint density at radius 1 is 1.27 bits per heavy atom. The van der Waals surface area contributed by atoms with E-state index in [0.717, 1.165) is 16.8 Å². The van der Waals surface area contributed by atoms with Gasteiger partial charge in [-0.15, -0.1) is 0 Å². The zero-order valence-electron chi connectivity index (χ0n) is 6.57. The minimum absolute atomic E-state index is 0.745. The molecule has 0 unspecified atom stereocenters. The molecule has 56 valence electrons. The van der Waals surface area contributed by atoms with Gasteiger partial charge in [0.2, 0.25) is 0 Å². The molecule has 0 N–H and O–H groups in total. The van der Waals surface area contributed by atoms with Crippen LogP contribution in [0.2, 0.25) is 0 Å². The Kier molecular flexibility index (Phi) is 2.14. The number of hydrogen-bond acceptors (Lipinski definition) is 1. The van der Waals surface area contributed by atoms with Crippen LogP contribution < -0.4 is 0 Å². The van der Waals surface area contributed by atoms with E-state index in [4.69, 9.17) is 5.53 Å². The third-order valence-corrected chi connectivity index (χ3v) is 1.58. The van der Waals surface area contributed by atoms with Gasteiger partial charge in [0, 0.05) is 10.6 Å². The van der Waals surface area contributed by atoms with E-state index in [2.05, 4.69) is 10.0 Å². The second-order valence-corrected chi connectivity index (χ2v) is 2.43. The SMILES string of the molecule is Cc1cccc(C)c1N=[N+]=[N-]. The quantitative estimate of drug-likeness (QED) is 0.332. The van der Waals surface area contributed by atoms with Gasteiger partial charge in [0.05, 0.1) is 0 Å². The highest BCUT2D eigenvalue weighted by Gasteiger charge is 1.96. The predicted molar refractivity (Wildman–Crippen MR) is 44.7 cm³/mol. The van der Waals surface area contributed by atoms with Crippen molar-refractivity contribution in [3.05, 3.63) is 39.8 Å². The second kappa shape index (κ2) is 3.08.